The lowest BCUT2D eigenvalue weighted by Gasteiger charge is -2.26. The molecule has 2 aromatic rings. The Balaban J connectivity index is 1.82. The minimum absolute atomic E-state index is 0.778. The zero-order chi connectivity index (χ0) is 13.9. The van der Waals surface area contributed by atoms with Gasteiger partial charge in [0, 0.05) is 40.2 Å². The average molecular weight is 335 g/mol. The van der Waals surface area contributed by atoms with Crippen molar-refractivity contribution in [1.29, 1.82) is 0 Å². The normalized spacial score (nSPS) is 16.6. The molecular weight excluding hydrogens is 316 g/mol. The van der Waals surface area contributed by atoms with Crippen LogP contribution in [0.4, 0.5) is 0 Å². The van der Waals surface area contributed by atoms with E-state index in [1.54, 1.807) is 0 Å². The van der Waals surface area contributed by atoms with Gasteiger partial charge in [-0.1, -0.05) is 22.4 Å². The van der Waals surface area contributed by atoms with Crippen molar-refractivity contribution in [2.75, 3.05) is 19.6 Å². The first-order chi connectivity index (χ1) is 9.78. The first-order valence-corrected chi connectivity index (χ1v) is 8.03. The molecule has 0 unspecified atom stereocenters. The highest BCUT2D eigenvalue weighted by Gasteiger charge is 2.12. The summed E-state index contributed by atoms with van der Waals surface area (Å²) in [6.45, 7) is 4.45. The Labute approximate surface area is 127 Å². The van der Waals surface area contributed by atoms with Gasteiger partial charge in [0.05, 0.1) is 0 Å². The quantitative estimate of drug-likeness (QED) is 0.796. The Kier molecular flexibility index (Phi) is 4.22. The second-order valence-corrected chi connectivity index (χ2v) is 6.38. The van der Waals surface area contributed by atoms with Gasteiger partial charge in [-0.3, -0.25) is 4.79 Å². The molecule has 3 nitrogen and oxygen atoms in total. The second-order valence-electron chi connectivity index (χ2n) is 5.46. The molecule has 0 atom stereocenters. The van der Waals surface area contributed by atoms with Gasteiger partial charge in [-0.15, -0.1) is 0 Å². The summed E-state index contributed by atoms with van der Waals surface area (Å²) in [4.78, 5) is 13.7. The molecule has 106 valence electrons. The zero-order valence-corrected chi connectivity index (χ0v) is 13.1. The molecule has 2 heterocycles. The summed E-state index contributed by atoms with van der Waals surface area (Å²) >= 11 is 3.47. The van der Waals surface area contributed by atoms with Gasteiger partial charge in [0.25, 0.3) is 0 Å². The smallest absolute Gasteiger partial charge is 0.152 e. The van der Waals surface area contributed by atoms with Gasteiger partial charge < -0.3 is 9.47 Å². The Bertz CT molecular complexity index is 614. The second kappa shape index (κ2) is 6.10. The van der Waals surface area contributed by atoms with Crippen LogP contribution in [0.15, 0.2) is 28.9 Å². The minimum Gasteiger partial charge on any atom is -0.345 e. The fourth-order valence-corrected chi connectivity index (χ4v) is 3.37. The number of piperidine rings is 1. The number of halogens is 1. The number of rotatable bonds is 4. The zero-order valence-electron chi connectivity index (χ0n) is 11.5. The van der Waals surface area contributed by atoms with Crippen molar-refractivity contribution in [3.8, 4) is 0 Å². The molecule has 1 fully saturated rings. The van der Waals surface area contributed by atoms with Gasteiger partial charge in [0.2, 0.25) is 0 Å². The van der Waals surface area contributed by atoms with Crippen molar-refractivity contribution in [1.82, 2.24) is 9.47 Å². The lowest BCUT2D eigenvalue weighted by atomic mass is 10.1. The van der Waals surface area contributed by atoms with E-state index >= 15 is 0 Å². The number of hydrogen-bond acceptors (Lipinski definition) is 2. The van der Waals surface area contributed by atoms with Crippen LogP contribution in [0.5, 0.6) is 0 Å². The van der Waals surface area contributed by atoms with Gasteiger partial charge in [0.15, 0.2) is 6.29 Å². The van der Waals surface area contributed by atoms with Crippen LogP contribution in [0, 0.1) is 0 Å². The largest absolute Gasteiger partial charge is 0.345 e. The SMILES string of the molecule is O=Cc1cn(CCN2CCCCC2)c2ccc(Br)cc12. The van der Waals surface area contributed by atoms with Crippen LogP contribution in [0.3, 0.4) is 0 Å². The van der Waals surface area contributed by atoms with E-state index in [0.717, 1.165) is 40.3 Å². The number of carbonyl (C=O) groups excluding carboxylic acids is 1. The standard InChI is InChI=1S/C16H19BrN2O/c17-14-4-5-16-15(10-14)13(12-20)11-19(16)9-8-18-6-2-1-3-7-18/h4-5,10-12H,1-3,6-9H2. The summed E-state index contributed by atoms with van der Waals surface area (Å²) in [5, 5.41) is 1.04. The predicted molar refractivity (Wildman–Crippen MR) is 85.3 cm³/mol. The number of benzene rings is 1. The van der Waals surface area contributed by atoms with Gasteiger partial charge in [-0.25, -0.2) is 0 Å². The molecule has 0 N–H and O–H groups in total. The fraction of sp³-hybridized carbons (Fsp3) is 0.438. The molecule has 1 aromatic carbocycles. The maximum Gasteiger partial charge on any atom is 0.152 e. The maximum atomic E-state index is 11.2. The van der Waals surface area contributed by atoms with Gasteiger partial charge in [-0.05, 0) is 44.1 Å². The minimum atomic E-state index is 0.778. The van der Waals surface area contributed by atoms with Gasteiger partial charge >= 0.3 is 0 Å². The van der Waals surface area contributed by atoms with Crippen LogP contribution in [0.1, 0.15) is 29.6 Å². The highest BCUT2D eigenvalue weighted by Crippen LogP contribution is 2.24. The third-order valence-corrected chi connectivity index (χ3v) is 4.60. The summed E-state index contributed by atoms with van der Waals surface area (Å²) in [5.74, 6) is 0. The van der Waals surface area contributed by atoms with E-state index in [4.69, 9.17) is 0 Å². The number of carbonyl (C=O) groups is 1. The van der Waals surface area contributed by atoms with E-state index in [-0.39, 0.29) is 0 Å². The van der Waals surface area contributed by atoms with Crippen LogP contribution >= 0.6 is 15.9 Å². The summed E-state index contributed by atoms with van der Waals surface area (Å²) in [6, 6.07) is 6.15. The first kappa shape index (κ1) is 13.8. The summed E-state index contributed by atoms with van der Waals surface area (Å²) in [5.41, 5.74) is 1.92. The summed E-state index contributed by atoms with van der Waals surface area (Å²) in [6.07, 6.45) is 6.93. The molecule has 0 aliphatic carbocycles. The lowest BCUT2D eigenvalue weighted by molar-refractivity contribution is 0.112. The number of fused-ring (bicyclic) bond motifs is 1. The summed E-state index contributed by atoms with van der Waals surface area (Å²) in [7, 11) is 0. The monoisotopic (exact) mass is 334 g/mol. The number of aromatic nitrogens is 1. The van der Waals surface area contributed by atoms with E-state index < -0.39 is 0 Å². The molecule has 4 heteroatoms. The van der Waals surface area contributed by atoms with Gasteiger partial charge in [-0.2, -0.15) is 0 Å². The van der Waals surface area contributed by atoms with Crippen molar-refractivity contribution in [2.24, 2.45) is 0 Å². The first-order valence-electron chi connectivity index (χ1n) is 7.24. The molecule has 1 aliphatic heterocycles. The van der Waals surface area contributed by atoms with Crippen molar-refractivity contribution < 1.29 is 4.79 Å². The molecule has 1 aliphatic rings. The third-order valence-electron chi connectivity index (χ3n) is 4.11. The van der Waals surface area contributed by atoms with Crippen LogP contribution in [0.25, 0.3) is 10.9 Å². The van der Waals surface area contributed by atoms with Crippen molar-refractivity contribution in [2.45, 2.75) is 25.8 Å². The average Bonchev–Trinajstić information content (AvgIpc) is 2.83. The van der Waals surface area contributed by atoms with Crippen LogP contribution in [0.2, 0.25) is 0 Å². The van der Waals surface area contributed by atoms with E-state index in [1.807, 2.05) is 18.3 Å². The fourth-order valence-electron chi connectivity index (χ4n) is 3.01. The topological polar surface area (TPSA) is 25.2 Å². The third kappa shape index (κ3) is 2.81. The van der Waals surface area contributed by atoms with Crippen LogP contribution in [-0.4, -0.2) is 35.4 Å². The number of nitrogens with zero attached hydrogens (tertiary/aromatic N) is 2. The number of hydrogen-bond donors (Lipinski definition) is 0. The Hall–Kier alpha value is -1.13. The van der Waals surface area contributed by atoms with E-state index in [0.29, 0.717) is 0 Å². The van der Waals surface area contributed by atoms with Crippen LogP contribution < -0.4 is 0 Å². The van der Waals surface area contributed by atoms with E-state index in [1.165, 1.54) is 32.4 Å². The lowest BCUT2D eigenvalue weighted by Crippen LogP contribution is -2.32. The molecule has 0 bridgehead atoms. The molecule has 0 spiro atoms. The predicted octanol–water partition coefficient (Wildman–Crippen LogP) is 3.70. The van der Waals surface area contributed by atoms with E-state index in [2.05, 4.69) is 31.5 Å². The van der Waals surface area contributed by atoms with Crippen molar-refractivity contribution in [3.05, 3.63) is 34.4 Å². The van der Waals surface area contributed by atoms with Gasteiger partial charge in [0.1, 0.15) is 0 Å². The Morgan fingerprint density at radius 3 is 2.70 bits per heavy atom. The molecular formula is C16H19BrN2O. The number of likely N-dealkylation sites (tertiary alicyclic amines) is 1. The maximum absolute atomic E-state index is 11.2. The Morgan fingerprint density at radius 2 is 1.95 bits per heavy atom. The highest BCUT2D eigenvalue weighted by molar-refractivity contribution is 9.10. The molecule has 1 saturated heterocycles. The molecule has 0 amide bonds. The molecule has 0 radical (unpaired) electrons. The molecule has 3 rings (SSSR count). The van der Waals surface area contributed by atoms with Crippen molar-refractivity contribution >= 4 is 33.1 Å². The Morgan fingerprint density at radius 1 is 1.15 bits per heavy atom. The summed E-state index contributed by atoms with van der Waals surface area (Å²) < 4.78 is 3.22. The molecule has 20 heavy (non-hydrogen) atoms. The van der Waals surface area contributed by atoms with E-state index in [9.17, 15) is 4.79 Å². The highest BCUT2D eigenvalue weighted by atomic mass is 79.9. The van der Waals surface area contributed by atoms with Crippen LogP contribution in [-0.2, 0) is 6.54 Å². The molecule has 1 aromatic heterocycles. The molecule has 0 saturated carbocycles. The number of aldehydes is 1. The van der Waals surface area contributed by atoms with Crippen molar-refractivity contribution in [3.63, 3.8) is 0 Å².